The fourth-order valence-electron chi connectivity index (χ4n) is 3.93. The maximum absolute atomic E-state index is 14.6. The number of alkyl halides is 17. The Morgan fingerprint density at radius 1 is 0.457 bits per heavy atom. The molecule has 0 atom stereocenters. The summed E-state index contributed by atoms with van der Waals surface area (Å²) in [6, 6.07) is 7.11. The maximum Gasteiger partial charge on any atom is 0.500 e. The Morgan fingerprint density at radius 3 is 1.13 bits per heavy atom. The summed E-state index contributed by atoms with van der Waals surface area (Å²) < 4.78 is 246. The highest BCUT2D eigenvalue weighted by Gasteiger charge is 2.95. The van der Waals surface area contributed by atoms with Crippen molar-refractivity contribution >= 4 is 8.80 Å². The van der Waals surface area contributed by atoms with Gasteiger partial charge in [0, 0.05) is 32.9 Å². The van der Waals surface area contributed by atoms with E-state index < -0.39 is 62.0 Å². The van der Waals surface area contributed by atoms with Crippen LogP contribution in [0.25, 0.3) is 11.1 Å². The second-order valence-electron chi connectivity index (χ2n) is 9.59. The number of halogens is 17. The van der Waals surface area contributed by atoms with Gasteiger partial charge in [-0.2, -0.15) is 74.6 Å². The lowest BCUT2D eigenvalue weighted by Gasteiger charge is -2.42. The normalized spacial score (nSPS) is 15.0. The topological polar surface area (TPSA) is 27.7 Å². The van der Waals surface area contributed by atoms with E-state index in [1.54, 1.807) is 0 Å². The summed E-state index contributed by atoms with van der Waals surface area (Å²) in [5.74, 6) is -56.8. The first-order valence-electron chi connectivity index (χ1n) is 12.1. The monoisotopic (exact) mass is 720 g/mol. The Hall–Kier alpha value is -2.65. The molecule has 3 nitrogen and oxygen atoms in total. The van der Waals surface area contributed by atoms with Crippen molar-refractivity contribution in [1.29, 1.82) is 0 Å². The molecule has 0 saturated heterocycles. The van der Waals surface area contributed by atoms with Crippen molar-refractivity contribution < 1.29 is 87.9 Å². The van der Waals surface area contributed by atoms with Gasteiger partial charge in [-0.1, -0.05) is 48.5 Å². The van der Waals surface area contributed by atoms with Crippen LogP contribution in [0.15, 0.2) is 48.5 Å². The van der Waals surface area contributed by atoms with E-state index in [1.165, 1.54) is 45.6 Å². The van der Waals surface area contributed by atoms with E-state index in [0.29, 0.717) is 30.2 Å². The minimum Gasteiger partial charge on any atom is -0.377 e. The predicted molar refractivity (Wildman–Crippen MR) is 127 cm³/mol. The van der Waals surface area contributed by atoms with Crippen molar-refractivity contribution in [1.82, 2.24) is 0 Å². The van der Waals surface area contributed by atoms with E-state index in [-0.39, 0.29) is 23.3 Å². The van der Waals surface area contributed by atoms with Crippen molar-refractivity contribution in [3.8, 4) is 11.1 Å². The van der Waals surface area contributed by atoms with Gasteiger partial charge < -0.3 is 13.3 Å². The number of benzene rings is 2. The Morgan fingerprint density at radius 2 is 0.783 bits per heavy atom. The average molecular weight is 720 g/mol. The Kier molecular flexibility index (Phi) is 10.7. The van der Waals surface area contributed by atoms with Crippen LogP contribution < -0.4 is 0 Å². The molecular weight excluding hydrogens is 699 g/mol. The van der Waals surface area contributed by atoms with Crippen LogP contribution in [0.2, 0.25) is 6.04 Å². The summed E-state index contributed by atoms with van der Waals surface area (Å²) in [7, 11) is 1.13. The van der Waals surface area contributed by atoms with E-state index in [4.69, 9.17) is 13.3 Å². The summed E-state index contributed by atoms with van der Waals surface area (Å²) in [4.78, 5) is 0. The van der Waals surface area contributed by atoms with Crippen LogP contribution in [0.5, 0.6) is 0 Å². The van der Waals surface area contributed by atoms with Crippen molar-refractivity contribution in [2.24, 2.45) is 0 Å². The number of rotatable bonds is 14. The molecule has 0 amide bonds. The van der Waals surface area contributed by atoms with Crippen LogP contribution in [0.1, 0.15) is 11.1 Å². The molecule has 0 saturated carbocycles. The quantitative estimate of drug-likeness (QED) is 0.144. The molecule has 2 aromatic rings. The van der Waals surface area contributed by atoms with E-state index in [2.05, 4.69) is 0 Å². The number of aryl methyl sites for hydroxylation is 1. The number of hydrogen-bond donors (Lipinski definition) is 0. The zero-order chi connectivity index (χ0) is 36.0. The van der Waals surface area contributed by atoms with Gasteiger partial charge in [0.05, 0.1) is 0 Å². The molecule has 262 valence electrons. The molecule has 0 heterocycles. The highest BCUT2D eigenvalue weighted by molar-refractivity contribution is 6.60. The van der Waals surface area contributed by atoms with Gasteiger partial charge in [-0.25, -0.2) is 0 Å². The SMILES string of the molecule is CO[Si](CCc1ccc(-c2ccc(C(F)(F)C(F)(F)C(F)(F)C(F)(F)C(F)(F)C(F)(F)C(F)(F)C(F)(F)F)cc2)cc1)(OC)OC. The molecule has 0 N–H and O–H groups in total. The van der Waals surface area contributed by atoms with Crippen LogP contribution in [0.4, 0.5) is 74.6 Å². The first kappa shape index (κ1) is 39.5. The summed E-state index contributed by atoms with van der Waals surface area (Å²) in [6.45, 7) is 0. The van der Waals surface area contributed by atoms with E-state index in [9.17, 15) is 74.6 Å². The molecule has 2 rings (SSSR count). The van der Waals surface area contributed by atoms with Gasteiger partial charge in [-0.3, -0.25) is 0 Å². The van der Waals surface area contributed by atoms with Crippen LogP contribution >= 0.6 is 0 Å². The largest absolute Gasteiger partial charge is 0.500 e. The average Bonchev–Trinajstić information content (AvgIpc) is 2.97. The first-order chi connectivity index (χ1) is 20.6. The predicted octanol–water partition coefficient (Wildman–Crippen LogP) is 9.24. The van der Waals surface area contributed by atoms with Crippen molar-refractivity contribution in [3.63, 3.8) is 0 Å². The van der Waals surface area contributed by atoms with E-state index >= 15 is 0 Å². The molecule has 0 aliphatic heterocycles. The Balaban J connectivity index is 2.42. The molecule has 0 fully saturated rings. The lowest BCUT2D eigenvalue weighted by atomic mass is 9.87. The van der Waals surface area contributed by atoms with Gasteiger partial charge in [-0.05, 0) is 23.1 Å². The van der Waals surface area contributed by atoms with Gasteiger partial charge in [0.25, 0.3) is 0 Å². The minimum absolute atomic E-state index is 0.0500. The highest BCUT2D eigenvalue weighted by atomic mass is 28.4. The van der Waals surface area contributed by atoms with Crippen LogP contribution in [-0.2, 0) is 25.6 Å². The van der Waals surface area contributed by atoms with E-state index in [0.717, 1.165) is 0 Å². The fourth-order valence-corrected chi connectivity index (χ4v) is 5.64. The lowest BCUT2D eigenvalue weighted by Crippen LogP contribution is -2.74. The third kappa shape index (κ3) is 6.06. The molecule has 0 unspecified atom stereocenters. The molecule has 0 aliphatic carbocycles. The highest BCUT2D eigenvalue weighted by Crippen LogP contribution is 2.65. The molecule has 2 aromatic carbocycles. The Labute approximate surface area is 249 Å². The zero-order valence-electron chi connectivity index (χ0n) is 23.2. The molecule has 0 aromatic heterocycles. The molecule has 46 heavy (non-hydrogen) atoms. The van der Waals surface area contributed by atoms with Gasteiger partial charge in [0.15, 0.2) is 0 Å². The standard InChI is InChI=1S/C25H21F17O3Si/c1-43-46(44-2,45-3)13-12-14-4-6-15(7-5-14)16-8-10-17(11-9-16)18(26,27)19(28,29)20(30,31)21(32,33)22(34,35)23(36,37)24(38,39)25(40,41)42/h4-11H,12-13H2,1-3H3. The first-order valence-corrected chi connectivity index (χ1v) is 14.1. The molecular formula is C25H21F17O3Si. The third-order valence-electron chi connectivity index (χ3n) is 6.91. The maximum atomic E-state index is 14.6. The molecule has 21 heteroatoms. The number of hydrogen-bond acceptors (Lipinski definition) is 3. The zero-order valence-corrected chi connectivity index (χ0v) is 24.2. The summed E-state index contributed by atoms with van der Waals surface area (Å²) in [6.07, 6.45) is -7.45. The van der Waals surface area contributed by atoms with Gasteiger partial charge >= 0.3 is 56.4 Å². The van der Waals surface area contributed by atoms with Gasteiger partial charge in [0.2, 0.25) is 0 Å². The molecule has 0 radical (unpaired) electrons. The van der Waals surface area contributed by atoms with Crippen molar-refractivity contribution in [3.05, 3.63) is 59.7 Å². The lowest BCUT2D eigenvalue weighted by molar-refractivity contribution is -0.462. The summed E-state index contributed by atoms with van der Waals surface area (Å²) >= 11 is 0. The minimum atomic E-state index is -8.67. The summed E-state index contributed by atoms with van der Waals surface area (Å²) in [5, 5.41) is 0. The molecule has 0 bridgehead atoms. The van der Waals surface area contributed by atoms with Crippen molar-refractivity contribution in [2.45, 2.75) is 60.1 Å². The molecule has 0 spiro atoms. The second kappa shape index (κ2) is 12.4. The summed E-state index contributed by atoms with van der Waals surface area (Å²) in [5.41, 5.74) is -1.51. The smallest absolute Gasteiger partial charge is 0.377 e. The van der Waals surface area contributed by atoms with E-state index in [1.807, 2.05) is 0 Å². The van der Waals surface area contributed by atoms with Crippen LogP contribution in [-0.4, -0.2) is 71.8 Å². The third-order valence-corrected chi connectivity index (χ3v) is 9.64. The molecule has 0 aliphatic rings. The van der Waals surface area contributed by atoms with Gasteiger partial charge in [0.1, 0.15) is 0 Å². The van der Waals surface area contributed by atoms with Crippen molar-refractivity contribution in [2.75, 3.05) is 21.3 Å². The second-order valence-corrected chi connectivity index (χ2v) is 12.7. The van der Waals surface area contributed by atoms with Crippen LogP contribution in [0.3, 0.4) is 0 Å². The fraction of sp³-hybridized carbons (Fsp3) is 0.520. The Bertz CT molecular complexity index is 1310. The van der Waals surface area contributed by atoms with Gasteiger partial charge in [-0.15, -0.1) is 0 Å². The van der Waals surface area contributed by atoms with Crippen LogP contribution in [0, 0.1) is 0 Å².